The number of hydrogen-bond donors (Lipinski definition) is 2. The molecule has 0 spiro atoms. The third-order valence-electron chi connectivity index (χ3n) is 3.21. The molecule has 1 aromatic carbocycles. The second-order valence-corrected chi connectivity index (χ2v) is 5.88. The second-order valence-electron chi connectivity index (χ2n) is 4.93. The molecular weight excluding hydrogens is 291 g/mol. The SMILES string of the molecule is O=C(CSc1n[nH]c(C2CC2)n1)NCc1ccccc1F. The van der Waals surface area contributed by atoms with Gasteiger partial charge in [0.2, 0.25) is 11.1 Å². The third-order valence-corrected chi connectivity index (χ3v) is 4.06. The number of halogens is 1. The number of aromatic amines is 1. The number of carbonyl (C=O) groups is 1. The molecule has 3 rings (SSSR count). The topological polar surface area (TPSA) is 70.7 Å². The summed E-state index contributed by atoms with van der Waals surface area (Å²) in [4.78, 5) is 16.1. The highest BCUT2D eigenvalue weighted by Crippen LogP contribution is 2.38. The Labute approximate surface area is 125 Å². The predicted octanol–water partition coefficient (Wildman–Crippen LogP) is 2.23. The Morgan fingerprint density at radius 1 is 1.43 bits per heavy atom. The summed E-state index contributed by atoms with van der Waals surface area (Å²) in [6, 6.07) is 6.40. The first kappa shape index (κ1) is 14.1. The number of amides is 1. The molecule has 1 aromatic heterocycles. The highest BCUT2D eigenvalue weighted by Gasteiger charge is 2.27. The Morgan fingerprint density at radius 3 is 3.00 bits per heavy atom. The van der Waals surface area contributed by atoms with Crippen LogP contribution in [0.25, 0.3) is 0 Å². The fourth-order valence-electron chi connectivity index (χ4n) is 1.88. The van der Waals surface area contributed by atoms with E-state index in [4.69, 9.17) is 0 Å². The number of nitrogens with zero attached hydrogens (tertiary/aromatic N) is 2. The second kappa shape index (κ2) is 6.26. The van der Waals surface area contributed by atoms with Crippen LogP contribution >= 0.6 is 11.8 Å². The van der Waals surface area contributed by atoms with E-state index in [1.165, 1.54) is 17.8 Å². The quantitative estimate of drug-likeness (QED) is 0.803. The molecule has 1 saturated carbocycles. The van der Waals surface area contributed by atoms with Crippen LogP contribution in [0, 0.1) is 5.82 Å². The molecule has 1 aliphatic rings. The van der Waals surface area contributed by atoms with Crippen molar-refractivity contribution in [3.8, 4) is 0 Å². The predicted molar refractivity (Wildman–Crippen MR) is 77.3 cm³/mol. The lowest BCUT2D eigenvalue weighted by Crippen LogP contribution is -2.25. The van der Waals surface area contributed by atoms with Gasteiger partial charge in [-0.15, -0.1) is 5.10 Å². The van der Waals surface area contributed by atoms with E-state index in [0.717, 1.165) is 18.7 Å². The van der Waals surface area contributed by atoms with Crippen LogP contribution in [0.1, 0.15) is 30.1 Å². The molecule has 0 atom stereocenters. The fourth-order valence-corrected chi connectivity index (χ4v) is 2.51. The molecule has 0 saturated heterocycles. The molecule has 1 amide bonds. The van der Waals surface area contributed by atoms with Gasteiger partial charge in [0.05, 0.1) is 5.75 Å². The van der Waals surface area contributed by atoms with Crippen LogP contribution in [0.5, 0.6) is 0 Å². The number of carbonyl (C=O) groups excluding carboxylic acids is 1. The van der Waals surface area contributed by atoms with Crippen molar-refractivity contribution in [2.45, 2.75) is 30.5 Å². The highest BCUT2D eigenvalue weighted by atomic mass is 32.2. The van der Waals surface area contributed by atoms with Crippen LogP contribution in [0.15, 0.2) is 29.4 Å². The van der Waals surface area contributed by atoms with E-state index in [-0.39, 0.29) is 24.0 Å². The van der Waals surface area contributed by atoms with Crippen LogP contribution in [0.2, 0.25) is 0 Å². The van der Waals surface area contributed by atoms with Crippen molar-refractivity contribution < 1.29 is 9.18 Å². The summed E-state index contributed by atoms with van der Waals surface area (Å²) >= 11 is 1.27. The maximum atomic E-state index is 13.4. The van der Waals surface area contributed by atoms with Crippen molar-refractivity contribution in [2.24, 2.45) is 0 Å². The minimum absolute atomic E-state index is 0.166. The minimum Gasteiger partial charge on any atom is -0.351 e. The van der Waals surface area contributed by atoms with Crippen molar-refractivity contribution in [1.82, 2.24) is 20.5 Å². The van der Waals surface area contributed by atoms with Crippen LogP contribution in [-0.4, -0.2) is 26.8 Å². The summed E-state index contributed by atoms with van der Waals surface area (Å²) in [5.74, 6) is 1.16. The number of hydrogen-bond acceptors (Lipinski definition) is 4. The fraction of sp³-hybridized carbons (Fsp3) is 0.357. The van der Waals surface area contributed by atoms with Crippen LogP contribution in [-0.2, 0) is 11.3 Å². The Balaban J connectivity index is 1.44. The van der Waals surface area contributed by atoms with Gasteiger partial charge in [-0.05, 0) is 18.9 Å². The monoisotopic (exact) mass is 306 g/mol. The van der Waals surface area contributed by atoms with E-state index in [1.54, 1.807) is 18.2 Å². The van der Waals surface area contributed by atoms with E-state index in [2.05, 4.69) is 20.5 Å². The standard InChI is InChI=1S/C14H15FN4OS/c15-11-4-2-1-3-10(11)7-16-12(20)8-21-14-17-13(18-19-14)9-5-6-9/h1-4,9H,5-8H2,(H,16,20)(H,17,18,19). The lowest BCUT2D eigenvalue weighted by molar-refractivity contribution is -0.118. The number of benzene rings is 1. The zero-order chi connectivity index (χ0) is 14.7. The zero-order valence-electron chi connectivity index (χ0n) is 11.3. The van der Waals surface area contributed by atoms with E-state index in [1.807, 2.05) is 0 Å². The molecule has 0 radical (unpaired) electrons. The molecule has 2 aromatic rings. The van der Waals surface area contributed by atoms with Gasteiger partial charge in [0.1, 0.15) is 11.6 Å². The lowest BCUT2D eigenvalue weighted by atomic mass is 10.2. The maximum Gasteiger partial charge on any atom is 0.230 e. The Morgan fingerprint density at radius 2 is 2.24 bits per heavy atom. The van der Waals surface area contributed by atoms with Gasteiger partial charge in [-0.1, -0.05) is 30.0 Å². The van der Waals surface area contributed by atoms with Gasteiger partial charge >= 0.3 is 0 Å². The molecular formula is C14H15FN4OS. The molecule has 0 bridgehead atoms. The first-order chi connectivity index (χ1) is 10.2. The molecule has 2 N–H and O–H groups in total. The number of rotatable bonds is 6. The number of H-pyrrole nitrogens is 1. The third kappa shape index (κ3) is 3.81. The first-order valence-corrected chi connectivity index (χ1v) is 7.76. The van der Waals surface area contributed by atoms with Crippen LogP contribution in [0.4, 0.5) is 4.39 Å². The van der Waals surface area contributed by atoms with E-state index in [9.17, 15) is 9.18 Å². The maximum absolute atomic E-state index is 13.4. The molecule has 0 aliphatic heterocycles. The average Bonchev–Trinajstić information content (AvgIpc) is 3.23. The largest absolute Gasteiger partial charge is 0.351 e. The summed E-state index contributed by atoms with van der Waals surface area (Å²) < 4.78 is 13.4. The molecule has 1 aliphatic carbocycles. The normalized spacial score (nSPS) is 14.1. The van der Waals surface area contributed by atoms with Gasteiger partial charge in [0, 0.05) is 18.0 Å². The van der Waals surface area contributed by atoms with Gasteiger partial charge in [-0.25, -0.2) is 9.37 Å². The summed E-state index contributed by atoms with van der Waals surface area (Å²) in [5.41, 5.74) is 0.477. The van der Waals surface area contributed by atoms with Gasteiger partial charge in [0.15, 0.2) is 0 Å². The zero-order valence-corrected chi connectivity index (χ0v) is 12.1. The van der Waals surface area contributed by atoms with Crippen LogP contribution < -0.4 is 5.32 Å². The van der Waals surface area contributed by atoms with Crippen molar-refractivity contribution in [3.05, 3.63) is 41.5 Å². The van der Waals surface area contributed by atoms with Gasteiger partial charge in [0.25, 0.3) is 0 Å². The molecule has 7 heteroatoms. The molecule has 21 heavy (non-hydrogen) atoms. The summed E-state index contributed by atoms with van der Waals surface area (Å²) in [5, 5.41) is 10.2. The molecule has 1 heterocycles. The van der Waals surface area contributed by atoms with Crippen molar-refractivity contribution >= 4 is 17.7 Å². The average molecular weight is 306 g/mol. The van der Waals surface area contributed by atoms with Crippen molar-refractivity contribution in [1.29, 1.82) is 0 Å². The molecule has 1 fully saturated rings. The highest BCUT2D eigenvalue weighted by molar-refractivity contribution is 7.99. The molecule has 5 nitrogen and oxygen atoms in total. The lowest BCUT2D eigenvalue weighted by Gasteiger charge is -2.05. The van der Waals surface area contributed by atoms with E-state index >= 15 is 0 Å². The molecule has 0 unspecified atom stereocenters. The van der Waals surface area contributed by atoms with Gasteiger partial charge < -0.3 is 5.32 Å². The van der Waals surface area contributed by atoms with Crippen molar-refractivity contribution in [3.63, 3.8) is 0 Å². The molecule has 110 valence electrons. The first-order valence-electron chi connectivity index (χ1n) is 6.77. The Bertz CT molecular complexity index is 641. The van der Waals surface area contributed by atoms with Gasteiger partial charge in [-0.3, -0.25) is 9.89 Å². The summed E-state index contributed by atoms with van der Waals surface area (Å²) in [7, 11) is 0. The van der Waals surface area contributed by atoms with E-state index in [0.29, 0.717) is 16.6 Å². The Kier molecular flexibility index (Phi) is 4.19. The van der Waals surface area contributed by atoms with Crippen LogP contribution in [0.3, 0.4) is 0 Å². The smallest absolute Gasteiger partial charge is 0.230 e. The van der Waals surface area contributed by atoms with Gasteiger partial charge in [-0.2, -0.15) is 0 Å². The summed E-state index contributed by atoms with van der Waals surface area (Å²) in [6.07, 6.45) is 2.31. The minimum atomic E-state index is -0.312. The number of thioether (sulfide) groups is 1. The number of nitrogens with one attached hydrogen (secondary N) is 2. The van der Waals surface area contributed by atoms with E-state index < -0.39 is 0 Å². The Hall–Kier alpha value is -1.89. The van der Waals surface area contributed by atoms with Crippen molar-refractivity contribution in [2.75, 3.05) is 5.75 Å². The summed E-state index contributed by atoms with van der Waals surface area (Å²) in [6.45, 7) is 0.188. The number of aromatic nitrogens is 3.